The van der Waals surface area contributed by atoms with Gasteiger partial charge in [-0.1, -0.05) is 45.0 Å². The van der Waals surface area contributed by atoms with Gasteiger partial charge < -0.3 is 5.32 Å². The number of sulfonamides is 1. The Morgan fingerprint density at radius 3 is 2.19 bits per heavy atom. The van der Waals surface area contributed by atoms with Crippen LogP contribution in [0.3, 0.4) is 0 Å². The standard InChI is InChI=1S/C21H28N2O3S/c1-14-12-18(27(22,25)26)13-19(15(14)2)23-20(24)11-8-16-6-9-17(10-7-16)21(3,4)5/h6-7,9-10,12-13H,8,11H2,1-5H3,(H,23,24)(H2,22,25,26). The molecule has 6 heteroatoms. The van der Waals surface area contributed by atoms with Gasteiger partial charge in [0, 0.05) is 12.1 Å². The summed E-state index contributed by atoms with van der Waals surface area (Å²) in [7, 11) is -3.82. The number of primary sulfonamides is 1. The lowest BCUT2D eigenvalue weighted by atomic mass is 9.86. The average molecular weight is 389 g/mol. The van der Waals surface area contributed by atoms with Crippen LogP contribution in [0.4, 0.5) is 5.69 Å². The van der Waals surface area contributed by atoms with Crippen LogP contribution in [-0.2, 0) is 26.7 Å². The van der Waals surface area contributed by atoms with Crippen LogP contribution in [0.5, 0.6) is 0 Å². The van der Waals surface area contributed by atoms with Crippen LogP contribution < -0.4 is 10.5 Å². The van der Waals surface area contributed by atoms with Crippen molar-refractivity contribution in [1.82, 2.24) is 0 Å². The molecule has 0 saturated heterocycles. The molecule has 146 valence electrons. The number of amides is 1. The van der Waals surface area contributed by atoms with Gasteiger partial charge in [-0.2, -0.15) is 0 Å². The van der Waals surface area contributed by atoms with Crippen molar-refractivity contribution in [1.29, 1.82) is 0 Å². The number of carbonyl (C=O) groups excluding carboxylic acids is 1. The maximum Gasteiger partial charge on any atom is 0.238 e. The van der Waals surface area contributed by atoms with Gasteiger partial charge in [-0.15, -0.1) is 0 Å². The molecule has 27 heavy (non-hydrogen) atoms. The minimum Gasteiger partial charge on any atom is -0.326 e. The number of benzene rings is 2. The second-order valence-electron chi connectivity index (χ2n) is 7.95. The molecule has 3 N–H and O–H groups in total. The number of hydrogen-bond donors (Lipinski definition) is 2. The molecule has 0 saturated carbocycles. The zero-order valence-electron chi connectivity index (χ0n) is 16.6. The zero-order valence-corrected chi connectivity index (χ0v) is 17.4. The molecule has 2 aromatic rings. The fraction of sp³-hybridized carbons (Fsp3) is 0.381. The van der Waals surface area contributed by atoms with Gasteiger partial charge in [-0.25, -0.2) is 13.6 Å². The summed E-state index contributed by atoms with van der Waals surface area (Å²) < 4.78 is 23.2. The Morgan fingerprint density at radius 1 is 1.07 bits per heavy atom. The van der Waals surface area contributed by atoms with Crippen LogP contribution >= 0.6 is 0 Å². The monoisotopic (exact) mass is 388 g/mol. The van der Waals surface area contributed by atoms with E-state index in [1.807, 2.05) is 19.1 Å². The van der Waals surface area contributed by atoms with E-state index in [0.717, 1.165) is 16.7 Å². The molecule has 2 rings (SSSR count). The molecule has 0 aliphatic heterocycles. The first-order valence-corrected chi connectivity index (χ1v) is 10.5. The van der Waals surface area contributed by atoms with Gasteiger partial charge in [-0.3, -0.25) is 4.79 Å². The summed E-state index contributed by atoms with van der Waals surface area (Å²) in [6, 6.07) is 11.2. The maximum absolute atomic E-state index is 12.3. The predicted octanol–water partition coefficient (Wildman–Crippen LogP) is 3.82. The quantitative estimate of drug-likeness (QED) is 0.816. The Labute approximate surface area is 162 Å². The van der Waals surface area contributed by atoms with Crippen LogP contribution in [0.2, 0.25) is 0 Å². The number of nitrogens with one attached hydrogen (secondary N) is 1. The summed E-state index contributed by atoms with van der Waals surface area (Å²) in [6.07, 6.45) is 0.927. The van der Waals surface area contributed by atoms with Crippen molar-refractivity contribution < 1.29 is 13.2 Å². The molecule has 0 spiro atoms. The van der Waals surface area contributed by atoms with E-state index >= 15 is 0 Å². The van der Waals surface area contributed by atoms with Crippen LogP contribution in [0, 0.1) is 13.8 Å². The molecule has 0 atom stereocenters. The fourth-order valence-electron chi connectivity index (χ4n) is 2.76. The molecule has 0 heterocycles. The molecule has 0 radical (unpaired) electrons. The maximum atomic E-state index is 12.3. The highest BCUT2D eigenvalue weighted by Gasteiger charge is 2.15. The van der Waals surface area contributed by atoms with Crippen LogP contribution in [0.15, 0.2) is 41.3 Å². The molecule has 1 amide bonds. The molecule has 2 aromatic carbocycles. The Kier molecular flexibility index (Phi) is 6.12. The van der Waals surface area contributed by atoms with Crippen molar-refractivity contribution in [3.8, 4) is 0 Å². The Hall–Kier alpha value is -2.18. The van der Waals surface area contributed by atoms with E-state index < -0.39 is 10.0 Å². The summed E-state index contributed by atoms with van der Waals surface area (Å²) in [4.78, 5) is 12.3. The minimum absolute atomic E-state index is 0.00123. The minimum atomic E-state index is -3.82. The van der Waals surface area contributed by atoms with Gasteiger partial charge in [0.25, 0.3) is 0 Å². The lowest BCUT2D eigenvalue weighted by Gasteiger charge is -2.19. The van der Waals surface area contributed by atoms with E-state index in [1.165, 1.54) is 17.7 Å². The van der Waals surface area contributed by atoms with Crippen molar-refractivity contribution in [2.75, 3.05) is 5.32 Å². The summed E-state index contributed by atoms with van der Waals surface area (Å²) in [6.45, 7) is 10.1. The van der Waals surface area contributed by atoms with Crippen LogP contribution in [-0.4, -0.2) is 14.3 Å². The first kappa shape index (κ1) is 21.1. The topological polar surface area (TPSA) is 89.3 Å². The van der Waals surface area contributed by atoms with Crippen LogP contribution in [0.25, 0.3) is 0 Å². The van der Waals surface area contributed by atoms with E-state index in [0.29, 0.717) is 18.5 Å². The summed E-state index contributed by atoms with van der Waals surface area (Å²) in [5, 5.41) is 8.02. The first-order valence-electron chi connectivity index (χ1n) is 8.91. The number of nitrogens with two attached hydrogens (primary N) is 1. The van der Waals surface area contributed by atoms with E-state index in [-0.39, 0.29) is 16.2 Å². The lowest BCUT2D eigenvalue weighted by molar-refractivity contribution is -0.116. The van der Waals surface area contributed by atoms with Gasteiger partial charge in [-0.05, 0) is 60.1 Å². The van der Waals surface area contributed by atoms with Gasteiger partial charge in [0.2, 0.25) is 15.9 Å². The smallest absolute Gasteiger partial charge is 0.238 e. The Morgan fingerprint density at radius 2 is 1.67 bits per heavy atom. The Balaban J connectivity index is 2.07. The predicted molar refractivity (Wildman–Crippen MR) is 109 cm³/mol. The third-order valence-electron chi connectivity index (χ3n) is 4.70. The number of aryl methyl sites for hydroxylation is 2. The molecule has 0 aliphatic carbocycles. The van der Waals surface area contributed by atoms with E-state index in [9.17, 15) is 13.2 Å². The first-order chi connectivity index (χ1) is 12.4. The molecule has 0 bridgehead atoms. The summed E-state index contributed by atoms with van der Waals surface area (Å²) >= 11 is 0. The van der Waals surface area contributed by atoms with Gasteiger partial charge in [0.05, 0.1) is 4.90 Å². The Bertz CT molecular complexity index is 941. The van der Waals surface area contributed by atoms with E-state index in [1.54, 1.807) is 6.92 Å². The van der Waals surface area contributed by atoms with E-state index in [4.69, 9.17) is 5.14 Å². The highest BCUT2D eigenvalue weighted by molar-refractivity contribution is 7.89. The third kappa shape index (κ3) is 5.65. The van der Waals surface area contributed by atoms with Crippen molar-refractivity contribution >= 4 is 21.6 Å². The molecule has 5 nitrogen and oxygen atoms in total. The molecule has 0 aliphatic rings. The van der Waals surface area contributed by atoms with E-state index in [2.05, 4.69) is 38.2 Å². The third-order valence-corrected chi connectivity index (χ3v) is 5.60. The highest BCUT2D eigenvalue weighted by Crippen LogP contribution is 2.24. The molecular weight excluding hydrogens is 360 g/mol. The number of rotatable bonds is 5. The van der Waals surface area contributed by atoms with Gasteiger partial charge in [0.1, 0.15) is 0 Å². The van der Waals surface area contributed by atoms with Crippen molar-refractivity contribution in [2.24, 2.45) is 5.14 Å². The van der Waals surface area contributed by atoms with Gasteiger partial charge in [0.15, 0.2) is 0 Å². The van der Waals surface area contributed by atoms with Crippen molar-refractivity contribution in [3.05, 3.63) is 58.7 Å². The normalized spacial score (nSPS) is 12.1. The largest absolute Gasteiger partial charge is 0.326 e. The molecular formula is C21H28N2O3S. The molecule has 0 aromatic heterocycles. The second kappa shape index (κ2) is 7.82. The lowest BCUT2D eigenvalue weighted by Crippen LogP contribution is -2.16. The summed E-state index contributed by atoms with van der Waals surface area (Å²) in [5.41, 5.74) is 4.50. The van der Waals surface area contributed by atoms with Crippen LogP contribution in [0.1, 0.15) is 49.4 Å². The highest BCUT2D eigenvalue weighted by atomic mass is 32.2. The van der Waals surface area contributed by atoms with Crippen molar-refractivity contribution in [2.45, 2.75) is 57.8 Å². The second-order valence-corrected chi connectivity index (χ2v) is 9.51. The van der Waals surface area contributed by atoms with Crippen molar-refractivity contribution in [3.63, 3.8) is 0 Å². The van der Waals surface area contributed by atoms with Gasteiger partial charge >= 0.3 is 0 Å². The zero-order chi connectivity index (χ0) is 20.4. The number of anilines is 1. The SMILES string of the molecule is Cc1cc(S(N)(=O)=O)cc(NC(=O)CCc2ccc(C(C)(C)C)cc2)c1C. The number of hydrogen-bond acceptors (Lipinski definition) is 3. The number of carbonyl (C=O) groups is 1. The summed E-state index contributed by atoms with van der Waals surface area (Å²) in [5.74, 6) is -0.163. The fourth-order valence-corrected chi connectivity index (χ4v) is 3.39. The molecule has 0 fully saturated rings. The molecule has 0 unspecified atom stereocenters. The average Bonchev–Trinajstić information content (AvgIpc) is 2.55.